The molecule has 1 aromatic carbocycles. The molecule has 0 aliphatic rings. The number of methoxy groups -OCH3 is 1. The molecule has 0 radical (unpaired) electrons. The van der Waals surface area contributed by atoms with E-state index in [0.717, 1.165) is 31.8 Å². The monoisotopic (exact) mass is 281 g/mol. The van der Waals surface area contributed by atoms with Crippen LogP contribution in [0.4, 0.5) is 0 Å². The third-order valence-corrected chi connectivity index (χ3v) is 3.15. The highest BCUT2D eigenvalue weighted by Gasteiger charge is 2.06. The molecule has 0 aliphatic carbocycles. The summed E-state index contributed by atoms with van der Waals surface area (Å²) in [5.74, 6) is 0.900. The first-order valence-electron chi connectivity index (χ1n) is 7.28. The van der Waals surface area contributed by atoms with E-state index in [2.05, 4.69) is 24.4 Å². The summed E-state index contributed by atoms with van der Waals surface area (Å²) in [6.07, 6.45) is 1.98. The largest absolute Gasteiger partial charge is 0.491 e. The van der Waals surface area contributed by atoms with Gasteiger partial charge in [0.1, 0.15) is 12.4 Å². The first kappa shape index (κ1) is 17.0. The smallest absolute Gasteiger partial charge is 0.119 e. The van der Waals surface area contributed by atoms with Crippen LogP contribution in [0.2, 0.25) is 0 Å². The van der Waals surface area contributed by atoms with E-state index in [1.165, 1.54) is 5.56 Å². The lowest BCUT2D eigenvalue weighted by Crippen LogP contribution is -2.15. The first-order chi connectivity index (χ1) is 9.81. The van der Waals surface area contributed by atoms with E-state index < -0.39 is 0 Å². The second-order valence-electron chi connectivity index (χ2n) is 4.63. The zero-order chi connectivity index (χ0) is 14.6. The van der Waals surface area contributed by atoms with Gasteiger partial charge in [-0.3, -0.25) is 0 Å². The van der Waals surface area contributed by atoms with Crippen LogP contribution in [0.5, 0.6) is 5.75 Å². The summed E-state index contributed by atoms with van der Waals surface area (Å²) in [4.78, 5) is 0. The van der Waals surface area contributed by atoms with Crippen molar-refractivity contribution in [3.63, 3.8) is 0 Å². The highest BCUT2D eigenvalue weighted by molar-refractivity contribution is 5.30. The molecule has 0 heterocycles. The van der Waals surface area contributed by atoms with E-state index in [0.29, 0.717) is 19.3 Å². The topological polar surface area (TPSA) is 39.7 Å². The molecular weight excluding hydrogens is 254 g/mol. The van der Waals surface area contributed by atoms with Crippen LogP contribution in [-0.4, -0.2) is 40.6 Å². The predicted molar refractivity (Wildman–Crippen MR) is 81.3 cm³/mol. The van der Waals surface area contributed by atoms with Crippen molar-refractivity contribution in [3.05, 3.63) is 29.8 Å². The summed E-state index contributed by atoms with van der Waals surface area (Å²) in [6, 6.07) is 8.61. The first-order valence-corrected chi connectivity index (χ1v) is 7.28. The van der Waals surface area contributed by atoms with Crippen LogP contribution in [0.25, 0.3) is 0 Å². The van der Waals surface area contributed by atoms with Crippen LogP contribution in [0.1, 0.15) is 31.4 Å². The van der Waals surface area contributed by atoms with Crippen molar-refractivity contribution < 1.29 is 14.2 Å². The van der Waals surface area contributed by atoms with Crippen molar-refractivity contribution in [2.45, 2.75) is 25.8 Å². The fourth-order valence-corrected chi connectivity index (χ4v) is 2.05. The average Bonchev–Trinajstić information content (AvgIpc) is 2.48. The van der Waals surface area contributed by atoms with E-state index in [1.807, 2.05) is 19.2 Å². The Morgan fingerprint density at radius 3 is 2.70 bits per heavy atom. The van der Waals surface area contributed by atoms with E-state index in [-0.39, 0.29) is 0 Å². The van der Waals surface area contributed by atoms with Crippen LogP contribution in [0.3, 0.4) is 0 Å². The molecule has 0 amide bonds. The van der Waals surface area contributed by atoms with Gasteiger partial charge in [0.2, 0.25) is 0 Å². The number of benzene rings is 1. The van der Waals surface area contributed by atoms with Crippen molar-refractivity contribution in [1.82, 2.24) is 5.32 Å². The van der Waals surface area contributed by atoms with Gasteiger partial charge < -0.3 is 19.5 Å². The summed E-state index contributed by atoms with van der Waals surface area (Å²) in [7, 11) is 3.68. The average molecular weight is 281 g/mol. The Hall–Kier alpha value is -1.10. The molecule has 1 rings (SSSR count). The van der Waals surface area contributed by atoms with Crippen LogP contribution >= 0.6 is 0 Å². The van der Waals surface area contributed by atoms with Crippen molar-refractivity contribution in [1.29, 1.82) is 0 Å². The third kappa shape index (κ3) is 6.37. The molecule has 0 spiro atoms. The Morgan fingerprint density at radius 1 is 1.15 bits per heavy atom. The minimum absolute atomic E-state index is 0.379. The van der Waals surface area contributed by atoms with Crippen molar-refractivity contribution in [2.75, 3.05) is 40.6 Å². The van der Waals surface area contributed by atoms with Gasteiger partial charge in [-0.05, 0) is 37.6 Å². The predicted octanol–water partition coefficient (Wildman–Crippen LogP) is 2.79. The van der Waals surface area contributed by atoms with Gasteiger partial charge in [0.15, 0.2) is 0 Å². The number of hydrogen-bond acceptors (Lipinski definition) is 4. The quantitative estimate of drug-likeness (QED) is 0.633. The third-order valence-electron chi connectivity index (χ3n) is 3.15. The standard InChI is InChI=1S/C16H27NO3/c1-4-16(17-2)14-7-5-8-15(13-14)20-12-11-19-10-6-9-18-3/h5,7-8,13,16-17H,4,6,9-12H2,1-3H3. The van der Waals surface area contributed by atoms with Gasteiger partial charge in [0.05, 0.1) is 6.61 Å². The molecule has 1 atom stereocenters. The van der Waals surface area contributed by atoms with Gasteiger partial charge in [-0.1, -0.05) is 19.1 Å². The Labute approximate surface area is 122 Å². The maximum atomic E-state index is 5.71. The van der Waals surface area contributed by atoms with Gasteiger partial charge in [0.25, 0.3) is 0 Å². The Morgan fingerprint density at radius 2 is 2.00 bits per heavy atom. The Bertz CT molecular complexity index is 353. The summed E-state index contributed by atoms with van der Waals surface area (Å²) in [5.41, 5.74) is 1.26. The van der Waals surface area contributed by atoms with Crippen molar-refractivity contribution >= 4 is 0 Å². The summed E-state index contributed by atoms with van der Waals surface area (Å²) in [6.45, 7) is 4.81. The molecule has 0 bridgehead atoms. The number of nitrogens with one attached hydrogen (secondary N) is 1. The molecule has 0 saturated carbocycles. The molecule has 1 aromatic rings. The zero-order valence-electron chi connectivity index (χ0n) is 12.9. The summed E-state index contributed by atoms with van der Waals surface area (Å²) >= 11 is 0. The molecule has 0 aromatic heterocycles. The maximum Gasteiger partial charge on any atom is 0.119 e. The molecule has 1 unspecified atom stereocenters. The lowest BCUT2D eigenvalue weighted by atomic mass is 10.0. The lowest BCUT2D eigenvalue weighted by Gasteiger charge is -2.15. The van der Waals surface area contributed by atoms with Gasteiger partial charge >= 0.3 is 0 Å². The van der Waals surface area contributed by atoms with Gasteiger partial charge in [0, 0.05) is 26.4 Å². The number of ether oxygens (including phenoxy) is 3. The molecule has 4 heteroatoms. The van der Waals surface area contributed by atoms with Crippen LogP contribution in [0, 0.1) is 0 Å². The lowest BCUT2D eigenvalue weighted by molar-refractivity contribution is 0.0806. The highest BCUT2D eigenvalue weighted by Crippen LogP contribution is 2.21. The molecule has 0 saturated heterocycles. The second-order valence-corrected chi connectivity index (χ2v) is 4.63. The molecule has 114 valence electrons. The zero-order valence-corrected chi connectivity index (χ0v) is 12.9. The van der Waals surface area contributed by atoms with Gasteiger partial charge in [-0.15, -0.1) is 0 Å². The summed E-state index contributed by atoms with van der Waals surface area (Å²) < 4.78 is 16.1. The van der Waals surface area contributed by atoms with E-state index in [4.69, 9.17) is 14.2 Å². The highest BCUT2D eigenvalue weighted by atomic mass is 16.5. The maximum absolute atomic E-state index is 5.71. The molecule has 20 heavy (non-hydrogen) atoms. The molecule has 0 fully saturated rings. The molecule has 0 aliphatic heterocycles. The fourth-order valence-electron chi connectivity index (χ4n) is 2.05. The van der Waals surface area contributed by atoms with E-state index in [9.17, 15) is 0 Å². The van der Waals surface area contributed by atoms with Gasteiger partial charge in [-0.2, -0.15) is 0 Å². The molecule has 1 N–H and O–H groups in total. The Balaban J connectivity index is 2.28. The van der Waals surface area contributed by atoms with E-state index in [1.54, 1.807) is 7.11 Å². The molecular formula is C16H27NO3. The van der Waals surface area contributed by atoms with Crippen molar-refractivity contribution in [3.8, 4) is 5.75 Å². The van der Waals surface area contributed by atoms with E-state index >= 15 is 0 Å². The fraction of sp³-hybridized carbons (Fsp3) is 0.625. The second kappa shape index (κ2) is 10.7. The minimum Gasteiger partial charge on any atom is -0.491 e. The molecule has 4 nitrogen and oxygen atoms in total. The minimum atomic E-state index is 0.379. The number of rotatable bonds is 11. The SMILES string of the molecule is CCC(NC)c1cccc(OCCOCCCOC)c1. The van der Waals surface area contributed by atoms with Crippen LogP contribution < -0.4 is 10.1 Å². The van der Waals surface area contributed by atoms with Crippen LogP contribution in [0.15, 0.2) is 24.3 Å². The van der Waals surface area contributed by atoms with Crippen LogP contribution in [-0.2, 0) is 9.47 Å². The Kier molecular flexibility index (Phi) is 9.04. The normalized spacial score (nSPS) is 12.3. The summed E-state index contributed by atoms with van der Waals surface area (Å²) in [5, 5.41) is 3.30. The van der Waals surface area contributed by atoms with Crippen molar-refractivity contribution in [2.24, 2.45) is 0 Å². The number of hydrogen-bond donors (Lipinski definition) is 1. The van der Waals surface area contributed by atoms with Gasteiger partial charge in [-0.25, -0.2) is 0 Å².